The number of para-hydroxylation sites is 2. The number of hydrogen-bond donors (Lipinski definition) is 1. The fourth-order valence-electron chi connectivity index (χ4n) is 1.89. The van der Waals surface area contributed by atoms with Crippen molar-refractivity contribution in [1.82, 2.24) is 4.65 Å². The van der Waals surface area contributed by atoms with Gasteiger partial charge < -0.3 is 10.3 Å². The summed E-state index contributed by atoms with van der Waals surface area (Å²) in [6, 6.07) is 18.2. The molecule has 0 aliphatic rings. The van der Waals surface area contributed by atoms with Crippen molar-refractivity contribution >= 4 is 11.4 Å². The van der Waals surface area contributed by atoms with Gasteiger partial charge in [0.15, 0.2) is 0 Å². The quantitative estimate of drug-likeness (QED) is 0.647. The molecule has 0 unspecified atom stereocenters. The molecule has 3 nitrogen and oxygen atoms in total. The Balaban J connectivity index is 2.47. The van der Waals surface area contributed by atoms with E-state index in [0.29, 0.717) is 11.4 Å². The second kappa shape index (κ2) is 5.10. The second-order valence-electron chi connectivity index (χ2n) is 3.86. The maximum Gasteiger partial charge on any atom is 0.137 e. The lowest BCUT2D eigenvalue weighted by Gasteiger charge is -2.41. The van der Waals surface area contributed by atoms with Gasteiger partial charge in [-0.15, -0.1) is 0 Å². The first-order valence-corrected chi connectivity index (χ1v) is 5.58. The molecule has 0 saturated heterocycles. The Bertz CT molecular complexity index is 417. The maximum absolute atomic E-state index is 12.9. The van der Waals surface area contributed by atoms with Gasteiger partial charge in [0.1, 0.15) is 17.9 Å². The van der Waals surface area contributed by atoms with Crippen LogP contribution in [0.25, 0.3) is 0 Å². The molecule has 0 spiro atoms. The van der Waals surface area contributed by atoms with Gasteiger partial charge in [-0.25, -0.2) is 0 Å². The molecule has 1 N–H and O–H groups in total. The lowest BCUT2D eigenvalue weighted by atomic mass is 10.2. The summed E-state index contributed by atoms with van der Waals surface area (Å²) in [4.78, 5) is 0. The lowest BCUT2D eigenvalue weighted by Crippen LogP contribution is -2.40. The van der Waals surface area contributed by atoms with Crippen LogP contribution in [0.3, 0.4) is 0 Å². The Labute approximate surface area is 101 Å². The predicted octanol–water partition coefficient (Wildman–Crippen LogP) is 2.82. The summed E-state index contributed by atoms with van der Waals surface area (Å²) >= 11 is 0. The highest BCUT2D eigenvalue weighted by molar-refractivity contribution is 5.58. The first-order chi connectivity index (χ1) is 8.27. The fraction of sp³-hybridized carbons (Fsp3) is 0.143. The van der Waals surface area contributed by atoms with Crippen LogP contribution >= 0.6 is 0 Å². The zero-order valence-corrected chi connectivity index (χ0v) is 9.49. The Morgan fingerprint density at radius 3 is 1.59 bits per heavy atom. The zero-order valence-electron chi connectivity index (χ0n) is 9.49. The topological polar surface area (TPSA) is 43.3 Å². The molecule has 2 aromatic carbocycles. The SMILES string of the molecule is [O-][N+](CCO)(c1ccccc1)c1ccccc1. The van der Waals surface area contributed by atoms with Crippen molar-refractivity contribution in [2.45, 2.75) is 0 Å². The Hall–Kier alpha value is -1.68. The molecule has 0 atom stereocenters. The second-order valence-corrected chi connectivity index (χ2v) is 3.86. The Morgan fingerprint density at radius 2 is 1.24 bits per heavy atom. The molecule has 0 aromatic heterocycles. The van der Waals surface area contributed by atoms with Gasteiger partial charge in [-0.3, -0.25) is 4.65 Å². The van der Waals surface area contributed by atoms with E-state index in [2.05, 4.69) is 0 Å². The molecule has 88 valence electrons. The molecule has 2 aromatic rings. The minimum atomic E-state index is -0.627. The summed E-state index contributed by atoms with van der Waals surface area (Å²) in [5.74, 6) is 0. The van der Waals surface area contributed by atoms with Crippen LogP contribution in [0.1, 0.15) is 0 Å². The highest BCUT2D eigenvalue weighted by Crippen LogP contribution is 2.32. The number of benzene rings is 2. The van der Waals surface area contributed by atoms with Gasteiger partial charge in [-0.05, 0) is 24.3 Å². The van der Waals surface area contributed by atoms with E-state index in [9.17, 15) is 5.21 Å². The average molecular weight is 229 g/mol. The fourth-order valence-corrected chi connectivity index (χ4v) is 1.89. The van der Waals surface area contributed by atoms with Crippen LogP contribution in [0, 0.1) is 5.21 Å². The Kier molecular flexibility index (Phi) is 3.54. The molecule has 0 amide bonds. The van der Waals surface area contributed by atoms with Crippen LogP contribution in [0.15, 0.2) is 60.7 Å². The Morgan fingerprint density at radius 1 is 0.824 bits per heavy atom. The molecule has 0 saturated carbocycles. The van der Waals surface area contributed by atoms with Gasteiger partial charge in [0.05, 0.1) is 6.61 Å². The molecule has 0 bridgehead atoms. The highest BCUT2D eigenvalue weighted by Gasteiger charge is 2.22. The third-order valence-electron chi connectivity index (χ3n) is 2.76. The van der Waals surface area contributed by atoms with Crippen molar-refractivity contribution in [1.29, 1.82) is 0 Å². The predicted molar refractivity (Wildman–Crippen MR) is 69.7 cm³/mol. The summed E-state index contributed by atoms with van der Waals surface area (Å²) in [5.41, 5.74) is 1.26. The van der Waals surface area contributed by atoms with Crippen LogP contribution in [0.2, 0.25) is 0 Å². The summed E-state index contributed by atoms with van der Waals surface area (Å²) in [5, 5.41) is 22.0. The van der Waals surface area contributed by atoms with E-state index in [1.165, 1.54) is 0 Å². The summed E-state index contributed by atoms with van der Waals surface area (Å²) in [7, 11) is 0. The molecular weight excluding hydrogens is 214 g/mol. The first-order valence-electron chi connectivity index (χ1n) is 5.58. The molecule has 0 aliphatic carbocycles. The summed E-state index contributed by atoms with van der Waals surface area (Å²) in [6.07, 6.45) is 0. The molecule has 0 fully saturated rings. The van der Waals surface area contributed by atoms with Gasteiger partial charge in [-0.1, -0.05) is 36.4 Å². The third-order valence-corrected chi connectivity index (χ3v) is 2.76. The first kappa shape index (κ1) is 11.8. The molecule has 3 heteroatoms. The molecule has 0 aliphatic heterocycles. The van der Waals surface area contributed by atoms with E-state index in [0.717, 1.165) is 0 Å². The van der Waals surface area contributed by atoms with Gasteiger partial charge >= 0.3 is 0 Å². The summed E-state index contributed by atoms with van der Waals surface area (Å²) in [6.45, 7) is -0.0265. The number of aliphatic hydroxyl groups is 1. The molecule has 17 heavy (non-hydrogen) atoms. The van der Waals surface area contributed by atoms with Crippen molar-refractivity contribution < 1.29 is 5.11 Å². The van der Waals surface area contributed by atoms with Gasteiger partial charge in [0.25, 0.3) is 0 Å². The van der Waals surface area contributed by atoms with E-state index in [1.807, 2.05) is 36.4 Å². The largest absolute Gasteiger partial charge is 0.622 e. The standard InChI is InChI=1S/C14H15NO2/c16-12-11-15(17,13-7-3-1-4-8-13)14-9-5-2-6-10-14/h1-10,16H,11-12H2. The van der Waals surface area contributed by atoms with E-state index in [-0.39, 0.29) is 13.2 Å². The van der Waals surface area contributed by atoms with E-state index in [1.54, 1.807) is 24.3 Å². The number of rotatable bonds is 4. The number of quaternary nitrogens is 1. The maximum atomic E-state index is 12.9. The van der Waals surface area contributed by atoms with Gasteiger partial charge in [0, 0.05) is 0 Å². The van der Waals surface area contributed by atoms with Crippen molar-refractivity contribution in [2.75, 3.05) is 13.2 Å². The molecule has 2 rings (SSSR count). The van der Waals surface area contributed by atoms with Gasteiger partial charge in [0.2, 0.25) is 0 Å². The van der Waals surface area contributed by atoms with Crippen molar-refractivity contribution in [3.05, 3.63) is 65.9 Å². The zero-order chi connectivity index (χ0) is 12.1. The van der Waals surface area contributed by atoms with Crippen molar-refractivity contribution in [3.8, 4) is 0 Å². The van der Waals surface area contributed by atoms with E-state index in [4.69, 9.17) is 5.11 Å². The van der Waals surface area contributed by atoms with Crippen LogP contribution in [0.4, 0.5) is 11.4 Å². The highest BCUT2D eigenvalue weighted by atomic mass is 16.5. The van der Waals surface area contributed by atoms with Crippen LogP contribution in [-0.2, 0) is 0 Å². The van der Waals surface area contributed by atoms with E-state index >= 15 is 0 Å². The molecule has 0 heterocycles. The van der Waals surface area contributed by atoms with Crippen LogP contribution < -0.4 is 4.65 Å². The van der Waals surface area contributed by atoms with Crippen molar-refractivity contribution in [2.24, 2.45) is 0 Å². The monoisotopic (exact) mass is 229 g/mol. The van der Waals surface area contributed by atoms with Gasteiger partial charge in [-0.2, -0.15) is 0 Å². The smallest absolute Gasteiger partial charge is 0.137 e. The van der Waals surface area contributed by atoms with Crippen LogP contribution in [0.5, 0.6) is 0 Å². The summed E-state index contributed by atoms with van der Waals surface area (Å²) < 4.78 is -0.627. The van der Waals surface area contributed by atoms with Crippen molar-refractivity contribution in [3.63, 3.8) is 0 Å². The average Bonchev–Trinajstić information content (AvgIpc) is 2.41. The third kappa shape index (κ3) is 2.36. The molecular formula is C14H15NO2. The number of aliphatic hydroxyl groups excluding tert-OH is 1. The minimum Gasteiger partial charge on any atom is -0.622 e. The number of nitrogens with zero attached hydrogens (tertiary/aromatic N) is 1. The van der Waals surface area contributed by atoms with Crippen LogP contribution in [-0.4, -0.2) is 18.3 Å². The minimum absolute atomic E-state index is 0.119. The van der Waals surface area contributed by atoms with E-state index < -0.39 is 4.65 Å². The normalized spacial score (nSPS) is 11.4. The number of hydrogen-bond acceptors (Lipinski definition) is 2. The molecule has 0 radical (unpaired) electrons. The lowest BCUT2D eigenvalue weighted by molar-refractivity contribution is 0.266. The number of hydroxylamine groups is 1.